The van der Waals surface area contributed by atoms with Crippen molar-refractivity contribution in [1.29, 1.82) is 0 Å². The van der Waals surface area contributed by atoms with Crippen LogP contribution in [0.2, 0.25) is 0 Å². The highest BCUT2D eigenvalue weighted by Crippen LogP contribution is 2.21. The van der Waals surface area contributed by atoms with Gasteiger partial charge in [-0.3, -0.25) is 4.79 Å². The Hall–Kier alpha value is -2.03. The number of fused-ring (bicyclic) bond motifs is 1. The number of hydrogen-bond acceptors (Lipinski definition) is 2. The van der Waals surface area contributed by atoms with E-state index in [1.54, 1.807) is 0 Å². The minimum absolute atomic E-state index is 0.191. The van der Waals surface area contributed by atoms with Crippen molar-refractivity contribution in [3.8, 4) is 0 Å². The van der Waals surface area contributed by atoms with E-state index in [1.807, 2.05) is 36.4 Å². The van der Waals surface area contributed by atoms with E-state index in [-0.39, 0.29) is 12.3 Å². The zero-order chi connectivity index (χ0) is 10.8. The van der Waals surface area contributed by atoms with Crippen molar-refractivity contribution in [1.82, 2.24) is 0 Å². The van der Waals surface area contributed by atoms with Gasteiger partial charge in [-0.1, -0.05) is 24.3 Å². The summed E-state index contributed by atoms with van der Waals surface area (Å²) < 4.78 is 0. The van der Waals surface area contributed by atoms with Crippen LogP contribution in [-0.4, -0.2) is 5.91 Å². The lowest BCUT2D eigenvalue weighted by Gasteiger charge is -2.05. The largest absolute Gasteiger partial charge is 0.398 e. The van der Waals surface area contributed by atoms with Gasteiger partial charge in [-0.05, 0) is 28.5 Å². The van der Waals surface area contributed by atoms with Crippen LogP contribution in [0.4, 0.5) is 5.69 Å². The summed E-state index contributed by atoms with van der Waals surface area (Å²) in [4.78, 5) is 10.8. The smallest absolute Gasteiger partial charge is 0.221 e. The monoisotopic (exact) mass is 200 g/mol. The fourth-order valence-electron chi connectivity index (χ4n) is 1.65. The lowest BCUT2D eigenvalue weighted by molar-refractivity contribution is -0.117. The molecule has 3 heteroatoms. The molecule has 2 rings (SSSR count). The number of hydrogen-bond donors (Lipinski definition) is 2. The quantitative estimate of drug-likeness (QED) is 0.720. The Morgan fingerprint density at radius 3 is 2.33 bits per heavy atom. The third-order valence-electron chi connectivity index (χ3n) is 2.37. The molecule has 4 N–H and O–H groups in total. The zero-order valence-corrected chi connectivity index (χ0v) is 8.23. The number of carbonyl (C=O) groups is 1. The molecule has 15 heavy (non-hydrogen) atoms. The van der Waals surface area contributed by atoms with Crippen LogP contribution in [0.25, 0.3) is 10.8 Å². The van der Waals surface area contributed by atoms with Gasteiger partial charge in [-0.15, -0.1) is 0 Å². The predicted octanol–water partition coefficient (Wildman–Crippen LogP) is 1.45. The Balaban J connectivity index is 2.56. The molecule has 0 bridgehead atoms. The molecule has 76 valence electrons. The molecule has 2 aromatic rings. The highest BCUT2D eigenvalue weighted by Gasteiger charge is 2.04. The first-order chi connectivity index (χ1) is 7.16. The second-order valence-corrected chi connectivity index (χ2v) is 3.54. The van der Waals surface area contributed by atoms with Gasteiger partial charge in [0.25, 0.3) is 0 Å². The van der Waals surface area contributed by atoms with Gasteiger partial charge in [-0.2, -0.15) is 0 Å². The highest BCUT2D eigenvalue weighted by molar-refractivity contribution is 5.89. The van der Waals surface area contributed by atoms with Gasteiger partial charge in [-0.25, -0.2) is 0 Å². The van der Waals surface area contributed by atoms with E-state index in [4.69, 9.17) is 11.5 Å². The standard InChI is InChI=1S/C12H12N2O/c13-11-6-9-4-2-1-3-8(9)5-10(11)7-12(14)15/h1-6H,7,13H2,(H2,14,15). The molecule has 0 fully saturated rings. The molecule has 0 aliphatic carbocycles. The molecule has 0 saturated heterocycles. The number of amides is 1. The molecule has 0 aliphatic rings. The average molecular weight is 200 g/mol. The average Bonchev–Trinajstić information content (AvgIpc) is 2.18. The summed E-state index contributed by atoms with van der Waals surface area (Å²) in [5.74, 6) is -0.364. The number of benzene rings is 2. The molecular formula is C12H12N2O. The molecule has 2 aromatic carbocycles. The predicted molar refractivity (Wildman–Crippen MR) is 61.3 cm³/mol. The summed E-state index contributed by atoms with van der Waals surface area (Å²) in [6, 6.07) is 11.7. The Bertz CT molecular complexity index is 520. The van der Waals surface area contributed by atoms with Crippen LogP contribution in [-0.2, 0) is 11.2 Å². The Kier molecular flexibility index (Phi) is 2.29. The normalized spacial score (nSPS) is 10.4. The first kappa shape index (κ1) is 9.52. The van der Waals surface area contributed by atoms with E-state index in [0.717, 1.165) is 16.3 Å². The number of nitrogens with two attached hydrogens (primary N) is 2. The fraction of sp³-hybridized carbons (Fsp3) is 0.0833. The van der Waals surface area contributed by atoms with Crippen molar-refractivity contribution in [3.63, 3.8) is 0 Å². The lowest BCUT2D eigenvalue weighted by Crippen LogP contribution is -2.14. The summed E-state index contributed by atoms with van der Waals surface area (Å²) in [5, 5.41) is 2.14. The Labute approximate surface area is 87.7 Å². The fourth-order valence-corrected chi connectivity index (χ4v) is 1.65. The van der Waals surface area contributed by atoms with Crippen LogP contribution >= 0.6 is 0 Å². The maximum atomic E-state index is 10.8. The summed E-state index contributed by atoms with van der Waals surface area (Å²) in [7, 11) is 0. The summed E-state index contributed by atoms with van der Waals surface area (Å²) in [6.45, 7) is 0. The third kappa shape index (κ3) is 1.91. The zero-order valence-electron chi connectivity index (χ0n) is 8.23. The van der Waals surface area contributed by atoms with Crippen LogP contribution < -0.4 is 11.5 Å². The summed E-state index contributed by atoms with van der Waals surface area (Å²) >= 11 is 0. The topological polar surface area (TPSA) is 69.1 Å². The van der Waals surface area contributed by atoms with Crippen molar-refractivity contribution in [3.05, 3.63) is 42.0 Å². The van der Waals surface area contributed by atoms with Crippen molar-refractivity contribution < 1.29 is 4.79 Å². The van der Waals surface area contributed by atoms with E-state index in [2.05, 4.69) is 0 Å². The number of primary amides is 1. The molecule has 3 nitrogen and oxygen atoms in total. The van der Waals surface area contributed by atoms with E-state index < -0.39 is 0 Å². The molecular weight excluding hydrogens is 188 g/mol. The Morgan fingerprint density at radius 1 is 1.13 bits per heavy atom. The van der Waals surface area contributed by atoms with Crippen molar-refractivity contribution >= 4 is 22.4 Å². The molecule has 0 radical (unpaired) electrons. The van der Waals surface area contributed by atoms with Gasteiger partial charge in [0.1, 0.15) is 0 Å². The second kappa shape index (κ2) is 3.61. The van der Waals surface area contributed by atoms with E-state index >= 15 is 0 Å². The first-order valence-corrected chi connectivity index (χ1v) is 4.72. The second-order valence-electron chi connectivity index (χ2n) is 3.54. The SMILES string of the molecule is NC(=O)Cc1cc2ccccc2cc1N. The molecule has 0 unspecified atom stereocenters. The molecule has 0 atom stereocenters. The summed E-state index contributed by atoms with van der Waals surface area (Å²) in [6.07, 6.45) is 0.191. The first-order valence-electron chi connectivity index (χ1n) is 4.72. The molecule has 0 aliphatic heterocycles. The minimum Gasteiger partial charge on any atom is -0.398 e. The van der Waals surface area contributed by atoms with Gasteiger partial charge >= 0.3 is 0 Å². The molecule has 0 heterocycles. The van der Waals surface area contributed by atoms with Gasteiger partial charge in [0.05, 0.1) is 6.42 Å². The van der Waals surface area contributed by atoms with Crippen molar-refractivity contribution in [2.45, 2.75) is 6.42 Å². The van der Waals surface area contributed by atoms with Crippen LogP contribution in [0.1, 0.15) is 5.56 Å². The maximum Gasteiger partial charge on any atom is 0.221 e. The van der Waals surface area contributed by atoms with Gasteiger partial charge in [0.2, 0.25) is 5.91 Å². The van der Waals surface area contributed by atoms with E-state index in [1.165, 1.54) is 0 Å². The van der Waals surface area contributed by atoms with Crippen LogP contribution in [0.3, 0.4) is 0 Å². The third-order valence-corrected chi connectivity index (χ3v) is 2.37. The van der Waals surface area contributed by atoms with Crippen molar-refractivity contribution in [2.75, 3.05) is 5.73 Å². The molecule has 0 saturated carbocycles. The van der Waals surface area contributed by atoms with E-state index in [0.29, 0.717) is 5.69 Å². The van der Waals surface area contributed by atoms with E-state index in [9.17, 15) is 4.79 Å². The molecule has 1 amide bonds. The number of anilines is 1. The lowest BCUT2D eigenvalue weighted by atomic mass is 10.0. The van der Waals surface area contributed by atoms with Gasteiger partial charge in [0, 0.05) is 5.69 Å². The molecule has 0 aromatic heterocycles. The minimum atomic E-state index is -0.364. The highest BCUT2D eigenvalue weighted by atomic mass is 16.1. The summed E-state index contributed by atoms with van der Waals surface area (Å²) in [5.41, 5.74) is 12.4. The Morgan fingerprint density at radius 2 is 1.73 bits per heavy atom. The van der Waals surface area contributed by atoms with Gasteiger partial charge < -0.3 is 11.5 Å². The number of carbonyl (C=O) groups excluding carboxylic acids is 1. The maximum absolute atomic E-state index is 10.8. The van der Waals surface area contributed by atoms with Crippen LogP contribution in [0.15, 0.2) is 36.4 Å². The number of nitrogen functional groups attached to an aromatic ring is 1. The van der Waals surface area contributed by atoms with Gasteiger partial charge in [0.15, 0.2) is 0 Å². The van der Waals surface area contributed by atoms with Crippen LogP contribution in [0, 0.1) is 0 Å². The van der Waals surface area contributed by atoms with Crippen molar-refractivity contribution in [2.24, 2.45) is 5.73 Å². The molecule has 0 spiro atoms. The van der Waals surface area contributed by atoms with Crippen LogP contribution in [0.5, 0.6) is 0 Å². The number of rotatable bonds is 2.